The van der Waals surface area contributed by atoms with Gasteiger partial charge in [-0.05, 0) is 36.4 Å². The molecule has 0 unspecified atom stereocenters. The molecule has 3 heterocycles. The first-order valence-corrected chi connectivity index (χ1v) is 8.91. The highest BCUT2D eigenvalue weighted by Crippen LogP contribution is 2.30. The number of rotatable bonds is 3. The molecule has 2 aromatic heterocycles. The predicted molar refractivity (Wildman–Crippen MR) is 91.9 cm³/mol. The van der Waals surface area contributed by atoms with Crippen molar-refractivity contribution in [3.63, 3.8) is 0 Å². The van der Waals surface area contributed by atoms with Crippen LogP contribution < -0.4 is 0 Å². The second-order valence-corrected chi connectivity index (χ2v) is 6.83. The lowest BCUT2D eigenvalue weighted by atomic mass is 9.97. The van der Waals surface area contributed by atoms with E-state index >= 15 is 0 Å². The van der Waals surface area contributed by atoms with Crippen LogP contribution in [0.4, 0.5) is 0 Å². The normalized spacial score (nSPS) is 17.8. The van der Waals surface area contributed by atoms with Crippen molar-refractivity contribution in [2.45, 2.75) is 18.8 Å². The van der Waals surface area contributed by atoms with Gasteiger partial charge in [-0.1, -0.05) is 24.3 Å². The van der Waals surface area contributed by atoms with Gasteiger partial charge in [-0.3, -0.25) is 4.79 Å². The van der Waals surface area contributed by atoms with Crippen molar-refractivity contribution in [1.29, 1.82) is 0 Å². The second-order valence-electron chi connectivity index (χ2n) is 5.88. The van der Waals surface area contributed by atoms with Gasteiger partial charge < -0.3 is 9.32 Å². The van der Waals surface area contributed by atoms with Gasteiger partial charge in [0.25, 0.3) is 11.8 Å². The maximum absolute atomic E-state index is 12.6. The van der Waals surface area contributed by atoms with Crippen LogP contribution >= 0.6 is 11.3 Å². The topological polar surface area (TPSA) is 59.2 Å². The molecule has 6 heteroatoms. The van der Waals surface area contributed by atoms with Gasteiger partial charge in [0.05, 0.1) is 10.8 Å². The Labute approximate surface area is 143 Å². The number of hydrogen-bond acceptors (Lipinski definition) is 5. The average molecular weight is 339 g/mol. The van der Waals surface area contributed by atoms with Crippen molar-refractivity contribution >= 4 is 17.2 Å². The maximum Gasteiger partial charge on any atom is 0.257 e. The van der Waals surface area contributed by atoms with Crippen molar-refractivity contribution in [2.24, 2.45) is 0 Å². The van der Waals surface area contributed by atoms with E-state index in [9.17, 15) is 4.79 Å². The van der Waals surface area contributed by atoms with Crippen molar-refractivity contribution in [2.75, 3.05) is 13.1 Å². The summed E-state index contributed by atoms with van der Waals surface area (Å²) in [5.41, 5.74) is 0.725. The van der Waals surface area contributed by atoms with Crippen molar-refractivity contribution < 1.29 is 9.21 Å². The fraction of sp³-hybridized carbons (Fsp3) is 0.278. The van der Waals surface area contributed by atoms with Gasteiger partial charge in [0.15, 0.2) is 0 Å². The lowest BCUT2D eigenvalue weighted by Gasteiger charge is -2.31. The van der Waals surface area contributed by atoms with E-state index in [1.165, 1.54) is 0 Å². The molecule has 1 saturated heterocycles. The highest BCUT2D eigenvalue weighted by molar-refractivity contribution is 7.13. The molecular formula is C18H17N3O2S. The zero-order chi connectivity index (χ0) is 16.4. The molecule has 1 aromatic carbocycles. The summed E-state index contributed by atoms with van der Waals surface area (Å²) in [5.74, 6) is 1.36. The third-order valence-electron chi connectivity index (χ3n) is 4.25. The standard InChI is InChI=1S/C18H17N3O2S/c22-18(13-6-2-1-3-7-13)21-10-4-8-14(12-21)16-19-20-17(23-16)15-9-5-11-24-15/h1-3,5-7,9,11,14H,4,8,10,12H2/t14-/m1/s1. The minimum atomic E-state index is 0.0679. The number of likely N-dealkylation sites (tertiary alicyclic amines) is 1. The number of hydrogen-bond donors (Lipinski definition) is 0. The zero-order valence-corrected chi connectivity index (χ0v) is 13.9. The Bertz CT molecular complexity index is 814. The van der Waals surface area contributed by atoms with Gasteiger partial charge in [0.2, 0.25) is 5.89 Å². The van der Waals surface area contributed by atoms with E-state index in [2.05, 4.69) is 10.2 Å². The summed E-state index contributed by atoms with van der Waals surface area (Å²) in [5, 5.41) is 10.4. The Kier molecular flexibility index (Phi) is 4.13. The molecule has 0 radical (unpaired) electrons. The van der Waals surface area contributed by atoms with Crippen molar-refractivity contribution in [3.8, 4) is 10.8 Å². The van der Waals surface area contributed by atoms with E-state index in [1.54, 1.807) is 11.3 Å². The van der Waals surface area contributed by atoms with E-state index in [-0.39, 0.29) is 11.8 Å². The minimum Gasteiger partial charge on any atom is -0.420 e. The van der Waals surface area contributed by atoms with Crippen LogP contribution in [-0.4, -0.2) is 34.1 Å². The summed E-state index contributed by atoms with van der Waals surface area (Å²) in [7, 11) is 0. The van der Waals surface area contributed by atoms with Crippen LogP contribution in [0.3, 0.4) is 0 Å². The Hall–Kier alpha value is -2.47. The molecule has 3 aromatic rings. The van der Waals surface area contributed by atoms with Gasteiger partial charge in [-0.2, -0.15) is 0 Å². The Morgan fingerprint density at radius 1 is 1.17 bits per heavy atom. The Balaban J connectivity index is 1.50. The van der Waals surface area contributed by atoms with Gasteiger partial charge in [-0.15, -0.1) is 21.5 Å². The highest BCUT2D eigenvalue weighted by Gasteiger charge is 2.29. The van der Waals surface area contributed by atoms with Crippen LogP contribution in [0.2, 0.25) is 0 Å². The van der Waals surface area contributed by atoms with Crippen LogP contribution in [-0.2, 0) is 0 Å². The Morgan fingerprint density at radius 2 is 2.04 bits per heavy atom. The quantitative estimate of drug-likeness (QED) is 0.728. The number of aromatic nitrogens is 2. The van der Waals surface area contributed by atoms with Crippen LogP contribution in [0.5, 0.6) is 0 Å². The number of piperidine rings is 1. The third-order valence-corrected chi connectivity index (χ3v) is 5.11. The first-order chi connectivity index (χ1) is 11.8. The number of thiophene rings is 1. The van der Waals surface area contributed by atoms with Crippen LogP contribution in [0, 0.1) is 0 Å². The SMILES string of the molecule is O=C(c1ccccc1)N1CCC[C@@H](c2nnc(-c3cccs3)o2)C1. The molecule has 1 aliphatic rings. The van der Waals surface area contributed by atoms with E-state index in [0.717, 1.165) is 29.8 Å². The maximum atomic E-state index is 12.6. The molecule has 0 bridgehead atoms. The molecule has 0 saturated carbocycles. The lowest BCUT2D eigenvalue weighted by Crippen LogP contribution is -2.39. The number of benzene rings is 1. The van der Waals surface area contributed by atoms with Crippen LogP contribution in [0.15, 0.2) is 52.3 Å². The monoisotopic (exact) mass is 339 g/mol. The largest absolute Gasteiger partial charge is 0.420 e. The van der Waals surface area contributed by atoms with E-state index in [4.69, 9.17) is 4.42 Å². The van der Waals surface area contributed by atoms with Gasteiger partial charge in [0, 0.05) is 18.7 Å². The van der Waals surface area contributed by atoms with Crippen molar-refractivity contribution in [1.82, 2.24) is 15.1 Å². The van der Waals surface area contributed by atoms with Crippen LogP contribution in [0.25, 0.3) is 10.8 Å². The summed E-state index contributed by atoms with van der Waals surface area (Å²) in [6.45, 7) is 1.40. The molecule has 0 N–H and O–H groups in total. The molecule has 24 heavy (non-hydrogen) atoms. The van der Waals surface area contributed by atoms with Crippen LogP contribution in [0.1, 0.15) is 35.0 Å². The molecule has 0 aliphatic carbocycles. The third kappa shape index (κ3) is 2.97. The smallest absolute Gasteiger partial charge is 0.257 e. The predicted octanol–water partition coefficient (Wildman–Crippen LogP) is 3.82. The summed E-state index contributed by atoms with van der Waals surface area (Å²) >= 11 is 1.58. The summed E-state index contributed by atoms with van der Waals surface area (Å²) in [4.78, 5) is 15.5. The summed E-state index contributed by atoms with van der Waals surface area (Å²) < 4.78 is 5.85. The number of nitrogens with zero attached hydrogens (tertiary/aromatic N) is 3. The van der Waals surface area contributed by atoms with E-state index in [0.29, 0.717) is 18.3 Å². The summed E-state index contributed by atoms with van der Waals surface area (Å²) in [6, 6.07) is 13.3. The number of amides is 1. The molecule has 1 amide bonds. The molecule has 0 spiro atoms. The first kappa shape index (κ1) is 15.1. The fourth-order valence-corrected chi connectivity index (χ4v) is 3.67. The second kappa shape index (κ2) is 6.57. The minimum absolute atomic E-state index is 0.0679. The molecule has 4 rings (SSSR count). The fourth-order valence-electron chi connectivity index (χ4n) is 3.03. The highest BCUT2D eigenvalue weighted by atomic mass is 32.1. The summed E-state index contributed by atoms with van der Waals surface area (Å²) in [6.07, 6.45) is 1.91. The van der Waals surface area contributed by atoms with Gasteiger partial charge >= 0.3 is 0 Å². The molecule has 1 aliphatic heterocycles. The average Bonchev–Trinajstić information content (AvgIpc) is 3.33. The molecule has 5 nitrogen and oxygen atoms in total. The molecule has 1 fully saturated rings. The molecule has 122 valence electrons. The lowest BCUT2D eigenvalue weighted by molar-refractivity contribution is 0.0698. The number of carbonyl (C=O) groups excluding carboxylic acids is 1. The van der Waals surface area contributed by atoms with E-state index < -0.39 is 0 Å². The van der Waals surface area contributed by atoms with E-state index in [1.807, 2.05) is 52.7 Å². The molecule has 1 atom stereocenters. The first-order valence-electron chi connectivity index (χ1n) is 8.03. The number of carbonyl (C=O) groups is 1. The van der Waals surface area contributed by atoms with Gasteiger partial charge in [-0.25, -0.2) is 0 Å². The van der Waals surface area contributed by atoms with Crippen molar-refractivity contribution in [3.05, 3.63) is 59.3 Å². The Morgan fingerprint density at radius 3 is 2.83 bits per heavy atom. The zero-order valence-electron chi connectivity index (χ0n) is 13.1. The molecular weight excluding hydrogens is 322 g/mol. The van der Waals surface area contributed by atoms with Gasteiger partial charge in [0.1, 0.15) is 0 Å².